The third-order valence-electron chi connectivity index (χ3n) is 3.83. The molecule has 112 valence electrons. The van der Waals surface area contributed by atoms with Crippen LogP contribution < -0.4 is 4.74 Å². The first-order chi connectivity index (χ1) is 11.3. The van der Waals surface area contributed by atoms with Crippen LogP contribution in [0.5, 0.6) is 5.75 Å². The molecule has 0 fully saturated rings. The van der Waals surface area contributed by atoms with E-state index < -0.39 is 0 Å². The lowest BCUT2D eigenvalue weighted by Crippen LogP contribution is -1.81. The second kappa shape index (κ2) is 5.86. The molecule has 0 aliphatic rings. The Balaban J connectivity index is 1.71. The first kappa shape index (κ1) is 14.0. The number of benzene rings is 3. The minimum atomic E-state index is 0.869. The fraction of sp³-hybridized carbons (Fsp3) is 0.0500. The number of methoxy groups -OCH3 is 1. The molecule has 3 aromatic carbocycles. The predicted molar refractivity (Wildman–Crippen MR) is 99.0 cm³/mol. The predicted octanol–water partition coefficient (Wildman–Crippen LogP) is 5.63. The topological polar surface area (TPSA) is 22.1 Å². The van der Waals surface area contributed by atoms with E-state index in [1.165, 1.54) is 15.5 Å². The molecule has 0 radical (unpaired) electrons. The number of rotatable bonds is 3. The number of aromatic nitrogens is 1. The van der Waals surface area contributed by atoms with Gasteiger partial charge in [-0.1, -0.05) is 48.5 Å². The van der Waals surface area contributed by atoms with E-state index in [2.05, 4.69) is 48.6 Å². The summed E-state index contributed by atoms with van der Waals surface area (Å²) in [7, 11) is 1.68. The third kappa shape index (κ3) is 2.71. The van der Waals surface area contributed by atoms with Gasteiger partial charge in [-0.15, -0.1) is 11.3 Å². The van der Waals surface area contributed by atoms with Crippen LogP contribution in [0.3, 0.4) is 0 Å². The maximum Gasteiger partial charge on any atom is 0.118 e. The second-order valence-corrected chi connectivity index (χ2v) is 6.35. The van der Waals surface area contributed by atoms with Gasteiger partial charge < -0.3 is 4.74 Å². The van der Waals surface area contributed by atoms with Gasteiger partial charge in [0.2, 0.25) is 0 Å². The molecular weight excluding hydrogens is 302 g/mol. The van der Waals surface area contributed by atoms with E-state index in [4.69, 9.17) is 9.72 Å². The van der Waals surface area contributed by atoms with Crippen LogP contribution in [-0.4, -0.2) is 12.1 Å². The third-order valence-corrected chi connectivity index (χ3v) is 4.82. The van der Waals surface area contributed by atoms with E-state index in [1.807, 2.05) is 24.3 Å². The molecular formula is C20H15NOS. The highest BCUT2D eigenvalue weighted by molar-refractivity contribution is 7.19. The molecule has 0 N–H and O–H groups in total. The van der Waals surface area contributed by atoms with E-state index in [0.717, 1.165) is 21.8 Å². The van der Waals surface area contributed by atoms with E-state index in [9.17, 15) is 0 Å². The molecule has 0 amide bonds. The highest BCUT2D eigenvalue weighted by atomic mass is 32.1. The second-order valence-electron chi connectivity index (χ2n) is 5.29. The molecule has 0 saturated heterocycles. The van der Waals surface area contributed by atoms with Crippen LogP contribution in [0.1, 0.15) is 10.6 Å². The zero-order chi connectivity index (χ0) is 15.6. The fourth-order valence-electron chi connectivity index (χ4n) is 2.63. The van der Waals surface area contributed by atoms with Crippen molar-refractivity contribution < 1.29 is 4.74 Å². The Hall–Kier alpha value is -2.65. The maximum atomic E-state index is 5.18. The summed E-state index contributed by atoms with van der Waals surface area (Å²) in [6.07, 6.45) is 4.15. The van der Waals surface area contributed by atoms with Crippen molar-refractivity contribution >= 4 is 44.5 Å². The van der Waals surface area contributed by atoms with Crippen molar-refractivity contribution in [3.8, 4) is 5.75 Å². The average Bonchev–Trinajstić information content (AvgIpc) is 3.04. The summed E-state index contributed by atoms with van der Waals surface area (Å²) in [5.74, 6) is 0.869. The molecule has 0 saturated carbocycles. The number of nitrogens with zero attached hydrogens (tertiary/aromatic N) is 1. The summed E-state index contributed by atoms with van der Waals surface area (Å²) in [5, 5.41) is 3.47. The first-order valence-electron chi connectivity index (χ1n) is 7.44. The Bertz CT molecular complexity index is 999. The van der Waals surface area contributed by atoms with Crippen LogP contribution >= 0.6 is 11.3 Å². The van der Waals surface area contributed by atoms with E-state index in [1.54, 1.807) is 18.4 Å². The zero-order valence-electron chi connectivity index (χ0n) is 12.7. The summed E-state index contributed by atoms with van der Waals surface area (Å²) < 4.78 is 6.40. The van der Waals surface area contributed by atoms with Gasteiger partial charge in [-0.25, -0.2) is 4.98 Å². The van der Waals surface area contributed by atoms with Gasteiger partial charge in [0, 0.05) is 5.39 Å². The van der Waals surface area contributed by atoms with E-state index >= 15 is 0 Å². The number of ether oxygens (including phenoxy) is 1. The summed E-state index contributed by atoms with van der Waals surface area (Å²) in [6, 6.07) is 20.7. The summed E-state index contributed by atoms with van der Waals surface area (Å²) in [5.41, 5.74) is 2.22. The molecule has 4 aromatic rings. The van der Waals surface area contributed by atoms with Gasteiger partial charge in [-0.05, 0) is 35.2 Å². The molecule has 1 aromatic heterocycles. The molecule has 2 nitrogen and oxygen atoms in total. The molecule has 1 heterocycles. The highest BCUT2D eigenvalue weighted by Crippen LogP contribution is 2.30. The van der Waals surface area contributed by atoms with Gasteiger partial charge in [0.15, 0.2) is 0 Å². The first-order valence-corrected chi connectivity index (χ1v) is 8.25. The highest BCUT2D eigenvalue weighted by Gasteiger charge is 2.05. The lowest BCUT2D eigenvalue weighted by molar-refractivity contribution is 0.415. The van der Waals surface area contributed by atoms with Crippen molar-refractivity contribution in [1.29, 1.82) is 0 Å². The molecule has 4 rings (SSSR count). The Morgan fingerprint density at radius 1 is 0.913 bits per heavy atom. The van der Waals surface area contributed by atoms with Crippen molar-refractivity contribution in [3.63, 3.8) is 0 Å². The Kier molecular flexibility index (Phi) is 3.56. The van der Waals surface area contributed by atoms with Crippen LogP contribution in [0.2, 0.25) is 0 Å². The van der Waals surface area contributed by atoms with Gasteiger partial charge in [-0.3, -0.25) is 0 Å². The standard InChI is InChI=1S/C20H15NOS/c1-22-16-10-6-14(7-11-16)8-13-19-21-20-17-5-3-2-4-15(17)9-12-18(20)23-19/h2-13H,1H3/b13-8-. The molecule has 0 aliphatic heterocycles. The van der Waals surface area contributed by atoms with Gasteiger partial charge in [-0.2, -0.15) is 0 Å². The maximum absolute atomic E-state index is 5.18. The molecule has 3 heteroatoms. The van der Waals surface area contributed by atoms with Gasteiger partial charge in [0.05, 0.1) is 17.3 Å². The van der Waals surface area contributed by atoms with E-state index in [0.29, 0.717) is 0 Å². The van der Waals surface area contributed by atoms with Gasteiger partial charge >= 0.3 is 0 Å². The molecule has 0 unspecified atom stereocenters. The summed E-state index contributed by atoms with van der Waals surface area (Å²) in [4.78, 5) is 4.80. The van der Waals surface area contributed by atoms with Crippen LogP contribution in [-0.2, 0) is 0 Å². The molecule has 0 aliphatic carbocycles. The largest absolute Gasteiger partial charge is 0.497 e. The van der Waals surface area contributed by atoms with Crippen LogP contribution in [0, 0.1) is 0 Å². The Labute approximate surface area is 138 Å². The Morgan fingerprint density at radius 2 is 1.74 bits per heavy atom. The zero-order valence-corrected chi connectivity index (χ0v) is 13.5. The van der Waals surface area contributed by atoms with Gasteiger partial charge in [0.25, 0.3) is 0 Å². The van der Waals surface area contributed by atoms with Crippen molar-refractivity contribution in [2.75, 3.05) is 7.11 Å². The molecule has 23 heavy (non-hydrogen) atoms. The normalized spacial score (nSPS) is 11.5. The average molecular weight is 317 g/mol. The summed E-state index contributed by atoms with van der Waals surface area (Å²) in [6.45, 7) is 0. The number of hydrogen-bond acceptors (Lipinski definition) is 3. The SMILES string of the molecule is COc1ccc(/C=C\c2nc3c(ccc4ccccc43)s2)cc1. The lowest BCUT2D eigenvalue weighted by atomic mass is 10.1. The minimum absolute atomic E-state index is 0.869. The Morgan fingerprint density at radius 3 is 2.57 bits per heavy atom. The smallest absolute Gasteiger partial charge is 0.118 e. The molecule has 0 atom stereocenters. The monoisotopic (exact) mass is 317 g/mol. The van der Waals surface area contributed by atoms with E-state index in [-0.39, 0.29) is 0 Å². The quantitative estimate of drug-likeness (QED) is 0.488. The lowest BCUT2D eigenvalue weighted by Gasteiger charge is -1.98. The van der Waals surface area contributed by atoms with Crippen molar-refractivity contribution in [2.24, 2.45) is 0 Å². The van der Waals surface area contributed by atoms with Gasteiger partial charge in [0.1, 0.15) is 10.8 Å². The van der Waals surface area contributed by atoms with Crippen molar-refractivity contribution in [3.05, 3.63) is 71.2 Å². The summed E-state index contributed by atoms with van der Waals surface area (Å²) >= 11 is 1.72. The minimum Gasteiger partial charge on any atom is -0.497 e. The van der Waals surface area contributed by atoms with Crippen LogP contribution in [0.25, 0.3) is 33.1 Å². The van der Waals surface area contributed by atoms with Crippen LogP contribution in [0.15, 0.2) is 60.7 Å². The fourth-order valence-corrected chi connectivity index (χ4v) is 3.52. The number of fused-ring (bicyclic) bond motifs is 3. The molecule has 0 bridgehead atoms. The van der Waals surface area contributed by atoms with Crippen LogP contribution in [0.4, 0.5) is 0 Å². The molecule has 0 spiro atoms. The number of hydrogen-bond donors (Lipinski definition) is 0. The van der Waals surface area contributed by atoms with Crippen molar-refractivity contribution in [2.45, 2.75) is 0 Å². The van der Waals surface area contributed by atoms with Crippen molar-refractivity contribution in [1.82, 2.24) is 4.98 Å². The number of thiazole rings is 1.